The third-order valence-electron chi connectivity index (χ3n) is 6.34. The fourth-order valence-electron chi connectivity index (χ4n) is 4.44. The molecular weight excluding hydrogens is 384 g/mol. The van der Waals surface area contributed by atoms with Crippen LogP contribution in [0.1, 0.15) is 37.3 Å². The molecule has 6 rings (SSSR count). The van der Waals surface area contributed by atoms with Crippen molar-refractivity contribution in [1.82, 2.24) is 33.7 Å². The number of pyridine rings is 1. The molecule has 154 valence electrons. The second kappa shape index (κ2) is 6.11. The summed E-state index contributed by atoms with van der Waals surface area (Å²) in [4.78, 5) is 26.4. The van der Waals surface area contributed by atoms with Crippen LogP contribution in [-0.2, 0) is 11.8 Å². The van der Waals surface area contributed by atoms with E-state index in [-0.39, 0.29) is 17.3 Å². The van der Waals surface area contributed by atoms with Crippen molar-refractivity contribution in [1.29, 1.82) is 0 Å². The van der Waals surface area contributed by atoms with Crippen molar-refractivity contribution < 1.29 is 4.74 Å². The molecule has 0 aromatic carbocycles. The van der Waals surface area contributed by atoms with Crippen LogP contribution in [0.4, 0.5) is 11.6 Å². The lowest BCUT2D eigenvalue weighted by molar-refractivity contribution is -0.0247. The van der Waals surface area contributed by atoms with Crippen LogP contribution in [0, 0.1) is 6.92 Å². The van der Waals surface area contributed by atoms with Crippen molar-refractivity contribution in [2.45, 2.75) is 44.2 Å². The van der Waals surface area contributed by atoms with Gasteiger partial charge in [0, 0.05) is 19.7 Å². The Bertz CT molecular complexity index is 1350. The van der Waals surface area contributed by atoms with Crippen LogP contribution in [0.25, 0.3) is 16.8 Å². The average molecular weight is 406 g/mol. The first kappa shape index (κ1) is 17.6. The third-order valence-corrected chi connectivity index (χ3v) is 6.34. The largest absolute Gasteiger partial charge is 0.375 e. The molecule has 5 heterocycles. The molecule has 10 nitrogen and oxygen atoms in total. The maximum absolute atomic E-state index is 13.0. The second-order valence-corrected chi connectivity index (χ2v) is 8.35. The number of rotatable bonds is 3. The summed E-state index contributed by atoms with van der Waals surface area (Å²) in [6.07, 6.45) is 8.92. The minimum atomic E-state index is -0.0561. The number of anilines is 2. The number of aromatic nitrogens is 7. The maximum Gasteiger partial charge on any atom is 0.330 e. The highest BCUT2D eigenvalue weighted by Crippen LogP contribution is 2.49. The zero-order valence-electron chi connectivity index (χ0n) is 16.9. The van der Waals surface area contributed by atoms with Gasteiger partial charge in [-0.25, -0.2) is 19.3 Å². The third kappa shape index (κ3) is 2.63. The number of imidazole rings is 1. The van der Waals surface area contributed by atoms with E-state index < -0.39 is 0 Å². The Morgan fingerprint density at radius 1 is 1.30 bits per heavy atom. The number of fused-ring (bicyclic) bond motifs is 2. The number of hydrogen-bond donors (Lipinski definition) is 1. The summed E-state index contributed by atoms with van der Waals surface area (Å²) in [6.45, 7) is 2.67. The van der Waals surface area contributed by atoms with Gasteiger partial charge in [-0.3, -0.25) is 9.13 Å². The van der Waals surface area contributed by atoms with Gasteiger partial charge in [-0.05, 0) is 44.2 Å². The van der Waals surface area contributed by atoms with Crippen molar-refractivity contribution in [3.8, 4) is 0 Å². The zero-order chi connectivity index (χ0) is 20.5. The molecule has 1 aliphatic heterocycles. The minimum Gasteiger partial charge on any atom is -0.375 e. The first-order valence-electron chi connectivity index (χ1n) is 10.2. The lowest BCUT2D eigenvalue weighted by atomic mass is 10.0. The van der Waals surface area contributed by atoms with E-state index in [4.69, 9.17) is 9.72 Å². The maximum atomic E-state index is 13.0. The summed E-state index contributed by atoms with van der Waals surface area (Å²) < 4.78 is 11.1. The van der Waals surface area contributed by atoms with Crippen molar-refractivity contribution in [3.05, 3.63) is 40.8 Å². The monoisotopic (exact) mass is 406 g/mol. The van der Waals surface area contributed by atoms with Gasteiger partial charge in [0.05, 0.1) is 23.7 Å². The molecule has 30 heavy (non-hydrogen) atoms. The van der Waals surface area contributed by atoms with Crippen molar-refractivity contribution in [3.63, 3.8) is 0 Å². The van der Waals surface area contributed by atoms with Gasteiger partial charge in [0.1, 0.15) is 11.8 Å². The first-order chi connectivity index (χ1) is 14.5. The second-order valence-electron chi connectivity index (χ2n) is 8.35. The summed E-state index contributed by atoms with van der Waals surface area (Å²) in [6, 6.07) is 2.04. The molecule has 0 bridgehead atoms. The van der Waals surface area contributed by atoms with Gasteiger partial charge < -0.3 is 10.1 Å². The van der Waals surface area contributed by atoms with E-state index in [0.29, 0.717) is 18.2 Å². The Hall–Kier alpha value is -3.27. The van der Waals surface area contributed by atoms with E-state index in [1.807, 2.05) is 23.8 Å². The minimum absolute atomic E-state index is 0.0248. The highest BCUT2D eigenvalue weighted by Gasteiger charge is 2.48. The molecule has 1 atom stereocenters. The van der Waals surface area contributed by atoms with Crippen molar-refractivity contribution >= 4 is 28.4 Å². The topological polar surface area (TPSA) is 104 Å². The number of ether oxygens (including phenoxy) is 1. The molecule has 4 aromatic heterocycles. The lowest BCUT2D eigenvalue weighted by Crippen LogP contribution is -2.34. The smallest absolute Gasteiger partial charge is 0.330 e. The van der Waals surface area contributed by atoms with Gasteiger partial charge in [0.15, 0.2) is 11.3 Å². The molecule has 4 aromatic rings. The molecule has 10 heteroatoms. The molecule has 1 saturated carbocycles. The summed E-state index contributed by atoms with van der Waals surface area (Å²) >= 11 is 0. The van der Waals surface area contributed by atoms with Gasteiger partial charge in [-0.15, -0.1) is 0 Å². The van der Waals surface area contributed by atoms with E-state index in [0.717, 1.165) is 48.1 Å². The molecule has 0 amide bonds. The Labute approximate surface area is 171 Å². The van der Waals surface area contributed by atoms with Crippen LogP contribution in [-0.4, -0.2) is 45.9 Å². The summed E-state index contributed by atoms with van der Waals surface area (Å²) in [5.74, 6) is 0.442. The number of aryl methyl sites for hydroxylation is 2. The standard InChI is InChI=1S/C20H22N8O2/c1-12-7-16-22-11-23-27(16)10-14(12)24-18-21-9-15-17(25-18)28(19(29)26(15)2)13-3-6-30-20(8-13)4-5-20/h7,9-11,13H,3-6,8H2,1-2H3,(H,21,24,25)/t13-/m0/s1. The van der Waals surface area contributed by atoms with Crippen molar-refractivity contribution in [2.24, 2.45) is 7.05 Å². The van der Waals surface area contributed by atoms with Gasteiger partial charge >= 0.3 is 5.69 Å². The first-order valence-corrected chi connectivity index (χ1v) is 10.2. The predicted molar refractivity (Wildman–Crippen MR) is 110 cm³/mol. The zero-order valence-corrected chi connectivity index (χ0v) is 16.9. The fourth-order valence-corrected chi connectivity index (χ4v) is 4.44. The van der Waals surface area contributed by atoms with E-state index >= 15 is 0 Å². The van der Waals surface area contributed by atoms with Crippen LogP contribution >= 0.6 is 0 Å². The van der Waals surface area contributed by atoms with E-state index in [1.54, 1.807) is 22.3 Å². The van der Waals surface area contributed by atoms with Gasteiger partial charge in [0.2, 0.25) is 5.95 Å². The molecule has 2 fully saturated rings. The van der Waals surface area contributed by atoms with Crippen molar-refractivity contribution in [2.75, 3.05) is 11.9 Å². The summed E-state index contributed by atoms with van der Waals surface area (Å²) in [5, 5.41) is 7.46. The van der Waals surface area contributed by atoms with E-state index in [9.17, 15) is 4.79 Å². The molecule has 1 aliphatic carbocycles. The highest BCUT2D eigenvalue weighted by molar-refractivity contribution is 5.73. The van der Waals surface area contributed by atoms with Gasteiger partial charge in [0.25, 0.3) is 0 Å². The quantitative estimate of drug-likeness (QED) is 0.556. The van der Waals surface area contributed by atoms with E-state index in [2.05, 4.69) is 20.4 Å². The molecule has 1 N–H and O–H groups in total. The van der Waals surface area contributed by atoms with Crippen LogP contribution in [0.3, 0.4) is 0 Å². The predicted octanol–water partition coefficient (Wildman–Crippen LogP) is 2.11. The molecule has 0 radical (unpaired) electrons. The van der Waals surface area contributed by atoms with Crippen LogP contribution in [0.2, 0.25) is 0 Å². The highest BCUT2D eigenvalue weighted by atomic mass is 16.5. The van der Waals surface area contributed by atoms with Crippen LogP contribution in [0.5, 0.6) is 0 Å². The van der Waals surface area contributed by atoms with Crippen LogP contribution < -0.4 is 11.0 Å². The Morgan fingerprint density at radius 3 is 3.00 bits per heavy atom. The summed E-state index contributed by atoms with van der Waals surface area (Å²) in [7, 11) is 1.77. The number of nitrogens with one attached hydrogen (secondary N) is 1. The average Bonchev–Trinajstić information content (AvgIpc) is 3.22. The fraction of sp³-hybridized carbons (Fsp3) is 0.450. The SMILES string of the molecule is Cc1cc2ncnn2cc1Nc1ncc2c(n1)n([C@H]1CCOC3(CC3)C1)c(=O)n2C. The molecule has 1 spiro atoms. The Balaban J connectivity index is 1.42. The van der Waals surface area contributed by atoms with Gasteiger partial charge in [-0.1, -0.05) is 0 Å². The Morgan fingerprint density at radius 2 is 2.17 bits per heavy atom. The lowest BCUT2D eigenvalue weighted by Gasteiger charge is -2.30. The molecule has 1 saturated heterocycles. The van der Waals surface area contributed by atoms with Gasteiger partial charge in [-0.2, -0.15) is 10.1 Å². The molecular formula is C20H22N8O2. The molecule has 0 unspecified atom stereocenters. The number of nitrogens with zero attached hydrogens (tertiary/aromatic N) is 7. The Kier molecular flexibility index (Phi) is 3.58. The van der Waals surface area contributed by atoms with E-state index in [1.165, 1.54) is 6.33 Å². The molecule has 2 aliphatic rings. The summed E-state index contributed by atoms with van der Waals surface area (Å²) in [5.41, 5.74) is 3.92. The normalized spacial score (nSPS) is 20.3. The van der Waals surface area contributed by atoms with Crippen LogP contribution in [0.15, 0.2) is 29.6 Å². The number of hydrogen-bond acceptors (Lipinski definition) is 7.